The van der Waals surface area contributed by atoms with E-state index in [-0.39, 0.29) is 5.60 Å². The first-order chi connectivity index (χ1) is 8.77. The van der Waals surface area contributed by atoms with Crippen molar-refractivity contribution in [3.05, 3.63) is 29.3 Å². The average molecular weight is 245 g/mol. The molecule has 2 nitrogen and oxygen atoms in total. The van der Waals surface area contributed by atoms with Crippen LogP contribution in [-0.2, 0) is 12.8 Å². The lowest BCUT2D eigenvalue weighted by Gasteiger charge is -2.36. The molecular formula is C16H23NO. The van der Waals surface area contributed by atoms with Gasteiger partial charge in [-0.2, -0.15) is 0 Å². The van der Waals surface area contributed by atoms with E-state index in [0.717, 1.165) is 31.7 Å². The molecule has 1 saturated heterocycles. The number of piperidine rings is 1. The molecule has 1 N–H and O–H groups in total. The standard InChI is InChI=1S/C16H23NO/c1-16(9-11-17-12-10-16)18-15-8-4-6-13-5-2-3-7-14(13)15/h4,6,8,17H,2-3,5,7,9-12H2,1H3. The molecule has 2 heteroatoms. The molecule has 98 valence electrons. The van der Waals surface area contributed by atoms with Crippen molar-refractivity contribution >= 4 is 0 Å². The van der Waals surface area contributed by atoms with Gasteiger partial charge in [0.1, 0.15) is 11.4 Å². The van der Waals surface area contributed by atoms with Gasteiger partial charge in [0.2, 0.25) is 0 Å². The van der Waals surface area contributed by atoms with Crippen LogP contribution < -0.4 is 10.1 Å². The van der Waals surface area contributed by atoms with Crippen LogP contribution in [0.15, 0.2) is 18.2 Å². The van der Waals surface area contributed by atoms with Gasteiger partial charge in [-0.05, 0) is 75.7 Å². The zero-order chi connectivity index (χ0) is 12.4. The van der Waals surface area contributed by atoms with Crippen molar-refractivity contribution in [1.82, 2.24) is 5.32 Å². The molecule has 0 amide bonds. The lowest BCUT2D eigenvalue weighted by molar-refractivity contribution is 0.0543. The summed E-state index contributed by atoms with van der Waals surface area (Å²) in [5, 5.41) is 3.41. The highest BCUT2D eigenvalue weighted by molar-refractivity contribution is 5.42. The Labute approximate surface area is 110 Å². The van der Waals surface area contributed by atoms with Crippen LogP contribution in [0.25, 0.3) is 0 Å². The normalized spacial score (nSPS) is 22.3. The van der Waals surface area contributed by atoms with Crippen LogP contribution in [0.2, 0.25) is 0 Å². The molecule has 3 rings (SSSR count). The third kappa shape index (κ3) is 2.39. The number of nitrogens with one attached hydrogen (secondary N) is 1. The largest absolute Gasteiger partial charge is 0.487 e. The molecule has 0 aromatic heterocycles. The summed E-state index contributed by atoms with van der Waals surface area (Å²) in [5.41, 5.74) is 3.01. The number of hydrogen-bond donors (Lipinski definition) is 1. The summed E-state index contributed by atoms with van der Waals surface area (Å²) in [6.07, 6.45) is 7.28. The first kappa shape index (κ1) is 12.0. The predicted octanol–water partition coefficient (Wildman–Crippen LogP) is 3.09. The summed E-state index contributed by atoms with van der Waals surface area (Å²) in [5.74, 6) is 1.15. The molecule has 0 bridgehead atoms. The highest BCUT2D eigenvalue weighted by Crippen LogP contribution is 2.33. The summed E-state index contributed by atoms with van der Waals surface area (Å²) in [7, 11) is 0. The number of aryl methyl sites for hydroxylation is 1. The first-order valence-corrected chi connectivity index (χ1v) is 7.27. The molecular weight excluding hydrogens is 222 g/mol. The summed E-state index contributed by atoms with van der Waals surface area (Å²) < 4.78 is 6.40. The molecule has 0 radical (unpaired) electrons. The van der Waals surface area contributed by atoms with Crippen molar-refractivity contribution in [2.45, 2.75) is 51.0 Å². The Hall–Kier alpha value is -1.02. The molecule has 0 saturated carbocycles. The van der Waals surface area contributed by atoms with Crippen LogP contribution in [0.5, 0.6) is 5.75 Å². The van der Waals surface area contributed by atoms with Gasteiger partial charge in [0.25, 0.3) is 0 Å². The Kier molecular flexibility index (Phi) is 3.29. The lowest BCUT2D eigenvalue weighted by atomic mass is 9.90. The van der Waals surface area contributed by atoms with Gasteiger partial charge < -0.3 is 10.1 Å². The minimum Gasteiger partial charge on any atom is -0.487 e. The van der Waals surface area contributed by atoms with Gasteiger partial charge >= 0.3 is 0 Å². The van der Waals surface area contributed by atoms with Gasteiger partial charge in [0, 0.05) is 0 Å². The topological polar surface area (TPSA) is 21.3 Å². The van der Waals surface area contributed by atoms with E-state index in [9.17, 15) is 0 Å². The van der Waals surface area contributed by atoms with Crippen molar-refractivity contribution in [2.24, 2.45) is 0 Å². The van der Waals surface area contributed by atoms with Crippen LogP contribution in [0.1, 0.15) is 43.7 Å². The summed E-state index contributed by atoms with van der Waals surface area (Å²) in [4.78, 5) is 0. The highest BCUT2D eigenvalue weighted by atomic mass is 16.5. The first-order valence-electron chi connectivity index (χ1n) is 7.27. The Balaban J connectivity index is 1.83. The maximum absolute atomic E-state index is 6.40. The van der Waals surface area contributed by atoms with E-state index in [1.165, 1.54) is 36.8 Å². The lowest BCUT2D eigenvalue weighted by Crippen LogP contribution is -2.44. The second-order valence-corrected chi connectivity index (χ2v) is 5.90. The Morgan fingerprint density at radius 2 is 1.89 bits per heavy atom. The van der Waals surface area contributed by atoms with E-state index >= 15 is 0 Å². The summed E-state index contributed by atoms with van der Waals surface area (Å²) in [6.45, 7) is 4.41. The number of rotatable bonds is 2. The average Bonchev–Trinajstić information content (AvgIpc) is 2.40. The second-order valence-electron chi connectivity index (χ2n) is 5.90. The predicted molar refractivity (Wildman–Crippen MR) is 74.2 cm³/mol. The van der Waals surface area contributed by atoms with Crippen LogP contribution in [0.4, 0.5) is 0 Å². The van der Waals surface area contributed by atoms with Gasteiger partial charge in [-0.3, -0.25) is 0 Å². The zero-order valence-electron chi connectivity index (χ0n) is 11.3. The Morgan fingerprint density at radius 1 is 1.11 bits per heavy atom. The van der Waals surface area contributed by atoms with E-state index in [1.54, 1.807) is 0 Å². The van der Waals surface area contributed by atoms with Crippen molar-refractivity contribution < 1.29 is 4.74 Å². The molecule has 2 aliphatic rings. The molecule has 1 heterocycles. The second kappa shape index (κ2) is 4.93. The van der Waals surface area contributed by atoms with Crippen molar-refractivity contribution in [2.75, 3.05) is 13.1 Å². The maximum atomic E-state index is 6.40. The quantitative estimate of drug-likeness (QED) is 0.864. The van der Waals surface area contributed by atoms with Crippen molar-refractivity contribution in [3.63, 3.8) is 0 Å². The number of ether oxygens (including phenoxy) is 1. The molecule has 18 heavy (non-hydrogen) atoms. The van der Waals surface area contributed by atoms with E-state index < -0.39 is 0 Å². The summed E-state index contributed by atoms with van der Waals surface area (Å²) in [6, 6.07) is 6.59. The number of fused-ring (bicyclic) bond motifs is 1. The minimum atomic E-state index is 0.0256. The molecule has 1 aromatic rings. The molecule has 1 fully saturated rings. The van der Waals surface area contributed by atoms with Gasteiger partial charge in [-0.1, -0.05) is 12.1 Å². The van der Waals surface area contributed by atoms with Crippen molar-refractivity contribution in [1.29, 1.82) is 0 Å². The van der Waals surface area contributed by atoms with Gasteiger partial charge in [0.15, 0.2) is 0 Å². The zero-order valence-corrected chi connectivity index (χ0v) is 11.3. The molecule has 0 unspecified atom stereocenters. The third-order valence-electron chi connectivity index (χ3n) is 4.37. The van der Waals surface area contributed by atoms with Gasteiger partial charge in [-0.15, -0.1) is 0 Å². The van der Waals surface area contributed by atoms with E-state index in [4.69, 9.17) is 4.74 Å². The maximum Gasteiger partial charge on any atom is 0.123 e. The smallest absolute Gasteiger partial charge is 0.123 e. The molecule has 1 aromatic carbocycles. The van der Waals surface area contributed by atoms with Crippen LogP contribution >= 0.6 is 0 Å². The van der Waals surface area contributed by atoms with Gasteiger partial charge in [-0.25, -0.2) is 0 Å². The minimum absolute atomic E-state index is 0.0256. The monoisotopic (exact) mass is 245 g/mol. The summed E-state index contributed by atoms with van der Waals surface area (Å²) >= 11 is 0. The van der Waals surface area contributed by atoms with E-state index in [0.29, 0.717) is 0 Å². The molecule has 0 atom stereocenters. The van der Waals surface area contributed by atoms with E-state index in [1.807, 2.05) is 0 Å². The number of benzene rings is 1. The molecule has 1 aliphatic heterocycles. The fourth-order valence-corrected chi connectivity index (χ4v) is 3.17. The SMILES string of the molecule is CC1(Oc2cccc3c2CCCC3)CCNCC1. The van der Waals surface area contributed by atoms with Crippen molar-refractivity contribution in [3.8, 4) is 5.75 Å². The highest BCUT2D eigenvalue weighted by Gasteiger charge is 2.29. The van der Waals surface area contributed by atoms with Crippen LogP contribution in [0, 0.1) is 0 Å². The van der Waals surface area contributed by atoms with Gasteiger partial charge in [0.05, 0.1) is 0 Å². The Morgan fingerprint density at radius 3 is 2.72 bits per heavy atom. The fraction of sp³-hybridized carbons (Fsp3) is 0.625. The van der Waals surface area contributed by atoms with Crippen LogP contribution in [-0.4, -0.2) is 18.7 Å². The Bertz CT molecular complexity index is 421. The fourth-order valence-electron chi connectivity index (χ4n) is 3.17. The third-order valence-corrected chi connectivity index (χ3v) is 4.37. The van der Waals surface area contributed by atoms with E-state index in [2.05, 4.69) is 30.4 Å². The van der Waals surface area contributed by atoms with Crippen LogP contribution in [0.3, 0.4) is 0 Å². The molecule has 1 aliphatic carbocycles. The molecule has 0 spiro atoms. The number of hydrogen-bond acceptors (Lipinski definition) is 2.